The molecule has 0 bridgehead atoms. The highest BCUT2D eigenvalue weighted by atomic mass is 16.5. The SMILES string of the molecule is CCN(CC)c1cccc(OCC(=O)Nc2ccc(-c3ccc(N4CCCCCC4)nn3)cc2)c1. The van der Waals surface area contributed by atoms with Gasteiger partial charge < -0.3 is 19.9 Å². The van der Waals surface area contributed by atoms with Crippen LogP contribution >= 0.6 is 0 Å². The topological polar surface area (TPSA) is 70.6 Å². The molecule has 2 heterocycles. The zero-order valence-corrected chi connectivity index (χ0v) is 20.7. The second-order valence-corrected chi connectivity index (χ2v) is 8.76. The van der Waals surface area contributed by atoms with Crippen molar-refractivity contribution in [3.05, 3.63) is 60.7 Å². The molecule has 1 amide bonds. The van der Waals surface area contributed by atoms with E-state index >= 15 is 0 Å². The van der Waals surface area contributed by atoms with E-state index < -0.39 is 0 Å². The van der Waals surface area contributed by atoms with Crippen molar-refractivity contribution < 1.29 is 9.53 Å². The Morgan fingerprint density at radius 1 is 0.943 bits per heavy atom. The van der Waals surface area contributed by atoms with Crippen LogP contribution in [0.2, 0.25) is 0 Å². The van der Waals surface area contributed by atoms with Gasteiger partial charge in [-0.2, -0.15) is 0 Å². The highest BCUT2D eigenvalue weighted by Gasteiger charge is 2.12. The maximum atomic E-state index is 12.4. The van der Waals surface area contributed by atoms with Crippen LogP contribution in [-0.2, 0) is 4.79 Å². The maximum Gasteiger partial charge on any atom is 0.262 e. The van der Waals surface area contributed by atoms with Crippen molar-refractivity contribution in [2.24, 2.45) is 0 Å². The molecule has 1 aromatic heterocycles. The Hall–Kier alpha value is -3.61. The minimum atomic E-state index is -0.201. The molecule has 1 saturated heterocycles. The first-order valence-electron chi connectivity index (χ1n) is 12.6. The van der Waals surface area contributed by atoms with Crippen molar-refractivity contribution in [1.29, 1.82) is 0 Å². The quantitative estimate of drug-likeness (QED) is 0.449. The number of anilines is 3. The van der Waals surface area contributed by atoms with Gasteiger partial charge in [-0.1, -0.05) is 31.0 Å². The standard InChI is InChI=1S/C28H35N5O2/c1-3-32(4-2)24-10-9-11-25(20-24)35-21-28(34)29-23-14-12-22(13-15-23)26-16-17-27(31-30-26)33-18-7-5-6-8-19-33/h9-17,20H,3-8,18-19,21H2,1-2H3,(H,29,34). The summed E-state index contributed by atoms with van der Waals surface area (Å²) >= 11 is 0. The summed E-state index contributed by atoms with van der Waals surface area (Å²) in [6.45, 7) is 8.13. The molecule has 2 aromatic carbocycles. The first-order valence-corrected chi connectivity index (χ1v) is 12.6. The fourth-order valence-corrected chi connectivity index (χ4v) is 4.38. The zero-order chi connectivity index (χ0) is 24.5. The van der Waals surface area contributed by atoms with Crippen molar-refractivity contribution in [2.45, 2.75) is 39.5 Å². The Kier molecular flexibility index (Phi) is 8.54. The van der Waals surface area contributed by atoms with Gasteiger partial charge in [0.1, 0.15) is 5.75 Å². The molecule has 4 rings (SSSR count). The summed E-state index contributed by atoms with van der Waals surface area (Å²) in [7, 11) is 0. The number of carbonyl (C=O) groups excluding carboxylic acids is 1. The minimum Gasteiger partial charge on any atom is -0.484 e. The smallest absolute Gasteiger partial charge is 0.262 e. The third kappa shape index (κ3) is 6.72. The summed E-state index contributed by atoms with van der Waals surface area (Å²) in [6, 6.07) is 19.5. The lowest BCUT2D eigenvalue weighted by Crippen LogP contribution is -2.25. The summed E-state index contributed by atoms with van der Waals surface area (Å²) in [4.78, 5) is 17.0. The van der Waals surface area contributed by atoms with E-state index in [9.17, 15) is 4.79 Å². The molecule has 0 radical (unpaired) electrons. The van der Waals surface area contributed by atoms with E-state index in [0.717, 1.165) is 48.9 Å². The van der Waals surface area contributed by atoms with Gasteiger partial charge in [0.2, 0.25) is 0 Å². The Labute approximate surface area is 208 Å². The van der Waals surface area contributed by atoms with Crippen LogP contribution in [0.25, 0.3) is 11.3 Å². The monoisotopic (exact) mass is 473 g/mol. The lowest BCUT2D eigenvalue weighted by molar-refractivity contribution is -0.118. The minimum absolute atomic E-state index is 0.0487. The summed E-state index contributed by atoms with van der Waals surface area (Å²) in [5.74, 6) is 1.43. The van der Waals surface area contributed by atoms with Crippen LogP contribution in [0.5, 0.6) is 5.75 Å². The summed E-state index contributed by atoms with van der Waals surface area (Å²) in [6.07, 6.45) is 5.01. The van der Waals surface area contributed by atoms with Crippen LogP contribution in [0.1, 0.15) is 39.5 Å². The number of hydrogen-bond donors (Lipinski definition) is 1. The molecule has 1 N–H and O–H groups in total. The average Bonchev–Trinajstić information content (AvgIpc) is 3.19. The number of ether oxygens (including phenoxy) is 1. The van der Waals surface area contributed by atoms with Gasteiger partial charge in [0, 0.05) is 49.2 Å². The Bertz CT molecular complexity index is 1070. The van der Waals surface area contributed by atoms with Crippen LogP contribution in [0, 0.1) is 0 Å². The Morgan fingerprint density at radius 2 is 1.69 bits per heavy atom. The van der Waals surface area contributed by atoms with E-state index in [1.807, 2.05) is 54.6 Å². The van der Waals surface area contributed by atoms with Gasteiger partial charge in [-0.05, 0) is 63.1 Å². The first-order chi connectivity index (χ1) is 17.2. The summed E-state index contributed by atoms with van der Waals surface area (Å²) in [5, 5.41) is 11.8. The van der Waals surface area contributed by atoms with Gasteiger partial charge in [0.25, 0.3) is 5.91 Å². The molecule has 35 heavy (non-hydrogen) atoms. The molecule has 0 spiro atoms. The molecule has 1 aliphatic heterocycles. The molecule has 0 saturated carbocycles. The Morgan fingerprint density at radius 3 is 2.34 bits per heavy atom. The van der Waals surface area contributed by atoms with Gasteiger partial charge in [-0.25, -0.2) is 0 Å². The fourth-order valence-electron chi connectivity index (χ4n) is 4.38. The van der Waals surface area contributed by atoms with E-state index in [1.165, 1.54) is 25.7 Å². The van der Waals surface area contributed by atoms with Gasteiger partial charge in [-0.15, -0.1) is 10.2 Å². The van der Waals surface area contributed by atoms with Gasteiger partial charge in [0.15, 0.2) is 12.4 Å². The van der Waals surface area contributed by atoms with Gasteiger partial charge in [-0.3, -0.25) is 4.79 Å². The number of rotatable bonds is 9. The number of amides is 1. The second-order valence-electron chi connectivity index (χ2n) is 8.76. The van der Waals surface area contributed by atoms with E-state index in [1.54, 1.807) is 0 Å². The molecule has 1 fully saturated rings. The van der Waals surface area contributed by atoms with Crippen molar-refractivity contribution in [3.8, 4) is 17.0 Å². The third-order valence-electron chi connectivity index (χ3n) is 6.36. The van der Waals surface area contributed by atoms with Crippen molar-refractivity contribution in [2.75, 3.05) is 47.9 Å². The highest BCUT2D eigenvalue weighted by molar-refractivity contribution is 5.92. The molecule has 7 nitrogen and oxygen atoms in total. The molecule has 1 aliphatic rings. The van der Waals surface area contributed by atoms with Crippen LogP contribution in [0.3, 0.4) is 0 Å². The predicted molar refractivity (Wildman–Crippen MR) is 142 cm³/mol. The number of aromatic nitrogens is 2. The van der Waals surface area contributed by atoms with Crippen molar-refractivity contribution in [3.63, 3.8) is 0 Å². The largest absolute Gasteiger partial charge is 0.484 e. The van der Waals surface area contributed by atoms with Crippen LogP contribution in [-0.4, -0.2) is 48.9 Å². The van der Waals surface area contributed by atoms with E-state index in [4.69, 9.17) is 4.74 Å². The maximum absolute atomic E-state index is 12.4. The first kappa shape index (κ1) is 24.5. The van der Waals surface area contributed by atoms with Crippen molar-refractivity contribution in [1.82, 2.24) is 10.2 Å². The lowest BCUT2D eigenvalue weighted by Gasteiger charge is -2.21. The summed E-state index contributed by atoms with van der Waals surface area (Å²) in [5.41, 5.74) is 3.58. The number of benzene rings is 2. The molecule has 7 heteroatoms. The summed E-state index contributed by atoms with van der Waals surface area (Å²) < 4.78 is 5.72. The van der Waals surface area contributed by atoms with Crippen LogP contribution < -0.4 is 19.9 Å². The fraction of sp³-hybridized carbons (Fsp3) is 0.393. The normalized spacial score (nSPS) is 13.7. The molecule has 184 valence electrons. The molecular formula is C28H35N5O2. The predicted octanol–water partition coefficient (Wildman–Crippen LogP) is 5.39. The van der Waals surface area contributed by atoms with E-state index in [0.29, 0.717) is 11.4 Å². The molecule has 0 atom stereocenters. The zero-order valence-electron chi connectivity index (χ0n) is 20.7. The number of carbonyl (C=O) groups is 1. The average molecular weight is 474 g/mol. The Balaban J connectivity index is 1.30. The van der Waals surface area contributed by atoms with Gasteiger partial charge >= 0.3 is 0 Å². The highest BCUT2D eigenvalue weighted by Crippen LogP contribution is 2.23. The molecular weight excluding hydrogens is 438 g/mol. The molecule has 0 unspecified atom stereocenters. The molecule has 3 aromatic rings. The second kappa shape index (κ2) is 12.2. The van der Waals surface area contributed by atoms with E-state index in [2.05, 4.69) is 45.2 Å². The third-order valence-corrected chi connectivity index (χ3v) is 6.36. The van der Waals surface area contributed by atoms with Crippen LogP contribution in [0.15, 0.2) is 60.7 Å². The number of nitrogens with zero attached hydrogens (tertiary/aromatic N) is 4. The van der Waals surface area contributed by atoms with Crippen molar-refractivity contribution >= 4 is 23.1 Å². The van der Waals surface area contributed by atoms with Gasteiger partial charge in [0.05, 0.1) is 5.69 Å². The van der Waals surface area contributed by atoms with Crippen LogP contribution in [0.4, 0.5) is 17.2 Å². The lowest BCUT2D eigenvalue weighted by atomic mass is 10.1. The number of hydrogen-bond acceptors (Lipinski definition) is 6. The number of nitrogens with one attached hydrogen (secondary N) is 1. The van der Waals surface area contributed by atoms with E-state index in [-0.39, 0.29) is 12.5 Å². The molecule has 0 aliphatic carbocycles.